The molecule has 110 valence electrons. The quantitative estimate of drug-likeness (QED) is 0.775. The molecule has 1 amide bonds. The Kier molecular flexibility index (Phi) is 3.74. The number of hydrogen-bond donors (Lipinski definition) is 2. The number of benzene rings is 2. The molecule has 2 aromatic carbocycles. The molecule has 0 radical (unpaired) electrons. The summed E-state index contributed by atoms with van der Waals surface area (Å²) in [6.07, 6.45) is 0.619. The van der Waals surface area contributed by atoms with Gasteiger partial charge in [0.1, 0.15) is 0 Å². The van der Waals surface area contributed by atoms with E-state index in [0.717, 1.165) is 16.8 Å². The molecule has 0 aliphatic carbocycles. The number of carbonyl (C=O) groups is 1. The van der Waals surface area contributed by atoms with E-state index in [0.29, 0.717) is 17.4 Å². The third-order valence-corrected chi connectivity index (χ3v) is 3.67. The first-order valence-electron chi connectivity index (χ1n) is 7.14. The topological polar surface area (TPSA) is 76.0 Å². The number of hydrogen-bond acceptors (Lipinski definition) is 2. The third kappa shape index (κ3) is 2.63. The summed E-state index contributed by atoms with van der Waals surface area (Å²) in [6.45, 7) is 0. The third-order valence-electron chi connectivity index (χ3n) is 3.67. The lowest BCUT2D eigenvalue weighted by Crippen LogP contribution is -2.15. The summed E-state index contributed by atoms with van der Waals surface area (Å²) in [7, 11) is 0. The number of primary amides is 1. The second-order valence-corrected chi connectivity index (χ2v) is 5.19. The number of fused-ring (bicyclic) bond motifs is 1. The lowest BCUT2D eigenvalue weighted by molar-refractivity contribution is -0.118. The Balaban J connectivity index is 2.26. The van der Waals surface area contributed by atoms with Crippen LogP contribution < -0.4 is 11.2 Å². The number of rotatable bonds is 4. The molecular weight excluding hydrogens is 276 g/mol. The average Bonchev–Trinajstić information content (AvgIpc) is 2.54. The van der Waals surface area contributed by atoms with Crippen LogP contribution in [0.3, 0.4) is 0 Å². The van der Waals surface area contributed by atoms with E-state index in [1.54, 1.807) is 6.07 Å². The van der Waals surface area contributed by atoms with Crippen LogP contribution in [0.2, 0.25) is 0 Å². The number of para-hydroxylation sites is 1. The van der Waals surface area contributed by atoms with E-state index in [1.807, 2.05) is 48.5 Å². The molecule has 1 heterocycles. The Hall–Kier alpha value is -2.88. The Morgan fingerprint density at radius 3 is 2.41 bits per heavy atom. The number of amides is 1. The summed E-state index contributed by atoms with van der Waals surface area (Å²) in [4.78, 5) is 27.2. The van der Waals surface area contributed by atoms with Crippen molar-refractivity contribution in [3.63, 3.8) is 0 Å². The SMILES string of the molecule is NC(=O)CCc1[nH]c2ccccc2c(=O)c1-c1ccccc1. The Morgan fingerprint density at radius 1 is 1.00 bits per heavy atom. The smallest absolute Gasteiger partial charge is 0.217 e. The zero-order chi connectivity index (χ0) is 15.5. The minimum Gasteiger partial charge on any atom is -0.370 e. The molecule has 3 N–H and O–H groups in total. The van der Waals surface area contributed by atoms with Crippen molar-refractivity contribution in [1.29, 1.82) is 0 Å². The number of aromatic amines is 1. The summed E-state index contributed by atoms with van der Waals surface area (Å²) < 4.78 is 0. The molecule has 0 atom stereocenters. The van der Waals surface area contributed by atoms with Crippen molar-refractivity contribution in [2.75, 3.05) is 0 Å². The zero-order valence-corrected chi connectivity index (χ0v) is 12.0. The standard InChI is InChI=1S/C18H16N2O2/c19-16(21)11-10-15-17(12-6-2-1-3-7-12)18(22)13-8-4-5-9-14(13)20-15/h1-9H,10-11H2,(H2,19,21)(H,20,22). The van der Waals surface area contributed by atoms with Crippen LogP contribution in [0.25, 0.3) is 22.0 Å². The Bertz CT molecular complexity index is 882. The summed E-state index contributed by atoms with van der Waals surface area (Å²) in [5.74, 6) is -0.381. The summed E-state index contributed by atoms with van der Waals surface area (Å²) in [6, 6.07) is 16.9. The lowest BCUT2D eigenvalue weighted by atomic mass is 9.98. The molecule has 0 saturated heterocycles. The maximum atomic E-state index is 12.9. The first-order chi connectivity index (χ1) is 10.7. The average molecular weight is 292 g/mol. The molecule has 3 rings (SSSR count). The van der Waals surface area contributed by atoms with Gasteiger partial charge in [-0.1, -0.05) is 42.5 Å². The van der Waals surface area contributed by atoms with Crippen molar-refractivity contribution in [2.24, 2.45) is 5.73 Å². The van der Waals surface area contributed by atoms with Crippen molar-refractivity contribution < 1.29 is 4.79 Å². The molecule has 0 spiro atoms. The van der Waals surface area contributed by atoms with E-state index in [1.165, 1.54) is 0 Å². The first kappa shape index (κ1) is 14.1. The van der Waals surface area contributed by atoms with Gasteiger partial charge < -0.3 is 10.7 Å². The van der Waals surface area contributed by atoms with E-state index in [9.17, 15) is 9.59 Å². The Labute approximate surface area is 127 Å². The van der Waals surface area contributed by atoms with Crippen LogP contribution in [0.1, 0.15) is 12.1 Å². The highest BCUT2D eigenvalue weighted by Gasteiger charge is 2.14. The van der Waals surface area contributed by atoms with Crippen LogP contribution in [0, 0.1) is 0 Å². The fourth-order valence-electron chi connectivity index (χ4n) is 2.63. The minimum absolute atomic E-state index is 0.0278. The molecule has 1 aromatic heterocycles. The lowest BCUT2D eigenvalue weighted by Gasteiger charge is -2.11. The molecular formula is C18H16N2O2. The van der Waals surface area contributed by atoms with Gasteiger partial charge in [-0.05, 0) is 24.1 Å². The molecule has 0 saturated carbocycles. The number of aryl methyl sites for hydroxylation is 1. The summed E-state index contributed by atoms with van der Waals surface area (Å²) in [5, 5.41) is 0.643. The number of carbonyl (C=O) groups excluding carboxylic acids is 1. The number of pyridine rings is 1. The predicted octanol–water partition coefficient (Wildman–Crippen LogP) is 2.61. The molecule has 0 fully saturated rings. The fraction of sp³-hybridized carbons (Fsp3) is 0.111. The number of nitrogens with one attached hydrogen (secondary N) is 1. The van der Waals surface area contributed by atoms with Crippen molar-refractivity contribution in [3.8, 4) is 11.1 Å². The largest absolute Gasteiger partial charge is 0.370 e. The van der Waals surface area contributed by atoms with Crippen LogP contribution in [-0.4, -0.2) is 10.9 Å². The van der Waals surface area contributed by atoms with Gasteiger partial charge in [0.2, 0.25) is 5.91 Å². The highest BCUT2D eigenvalue weighted by Crippen LogP contribution is 2.22. The highest BCUT2D eigenvalue weighted by molar-refractivity contribution is 5.85. The first-order valence-corrected chi connectivity index (χ1v) is 7.14. The monoisotopic (exact) mass is 292 g/mol. The second-order valence-electron chi connectivity index (χ2n) is 5.19. The van der Waals surface area contributed by atoms with E-state index in [4.69, 9.17) is 5.73 Å². The van der Waals surface area contributed by atoms with Crippen LogP contribution in [0.4, 0.5) is 0 Å². The van der Waals surface area contributed by atoms with Crippen LogP contribution >= 0.6 is 0 Å². The van der Waals surface area contributed by atoms with Gasteiger partial charge in [-0.3, -0.25) is 9.59 Å². The van der Waals surface area contributed by atoms with Gasteiger partial charge in [0.25, 0.3) is 0 Å². The second kappa shape index (κ2) is 5.85. The van der Waals surface area contributed by atoms with Crippen molar-refractivity contribution in [2.45, 2.75) is 12.8 Å². The molecule has 0 aliphatic rings. The van der Waals surface area contributed by atoms with Gasteiger partial charge in [-0.2, -0.15) is 0 Å². The zero-order valence-electron chi connectivity index (χ0n) is 12.0. The van der Waals surface area contributed by atoms with E-state index in [2.05, 4.69) is 4.98 Å². The maximum Gasteiger partial charge on any atom is 0.217 e. The van der Waals surface area contributed by atoms with Gasteiger partial charge in [0.05, 0.1) is 0 Å². The van der Waals surface area contributed by atoms with Crippen LogP contribution in [0.5, 0.6) is 0 Å². The molecule has 0 unspecified atom stereocenters. The number of aromatic nitrogens is 1. The normalized spacial score (nSPS) is 10.7. The molecule has 3 aromatic rings. The van der Waals surface area contributed by atoms with Gasteiger partial charge in [-0.25, -0.2) is 0 Å². The van der Waals surface area contributed by atoms with Crippen LogP contribution in [0.15, 0.2) is 59.4 Å². The highest BCUT2D eigenvalue weighted by atomic mass is 16.1. The molecule has 22 heavy (non-hydrogen) atoms. The van der Waals surface area contributed by atoms with Gasteiger partial charge >= 0.3 is 0 Å². The van der Waals surface area contributed by atoms with Crippen LogP contribution in [-0.2, 0) is 11.2 Å². The van der Waals surface area contributed by atoms with Crippen molar-refractivity contribution in [1.82, 2.24) is 4.98 Å². The Morgan fingerprint density at radius 2 is 1.68 bits per heavy atom. The molecule has 0 bridgehead atoms. The van der Waals surface area contributed by atoms with Gasteiger partial charge in [-0.15, -0.1) is 0 Å². The van der Waals surface area contributed by atoms with E-state index in [-0.39, 0.29) is 17.8 Å². The number of H-pyrrole nitrogens is 1. The van der Waals surface area contributed by atoms with E-state index >= 15 is 0 Å². The summed E-state index contributed by atoms with van der Waals surface area (Å²) >= 11 is 0. The van der Waals surface area contributed by atoms with Gasteiger partial charge in [0.15, 0.2) is 5.43 Å². The molecule has 4 heteroatoms. The summed E-state index contributed by atoms with van der Waals surface area (Å²) in [5.41, 5.74) is 8.19. The van der Waals surface area contributed by atoms with Gasteiger partial charge in [0, 0.05) is 28.6 Å². The maximum absolute atomic E-state index is 12.9. The fourth-order valence-corrected chi connectivity index (χ4v) is 2.63. The van der Waals surface area contributed by atoms with E-state index < -0.39 is 0 Å². The predicted molar refractivity (Wildman–Crippen MR) is 87.5 cm³/mol. The van der Waals surface area contributed by atoms with Crippen molar-refractivity contribution in [3.05, 3.63) is 70.5 Å². The number of nitrogens with two attached hydrogens (primary N) is 1. The molecule has 0 aliphatic heterocycles. The minimum atomic E-state index is -0.381. The molecule has 4 nitrogen and oxygen atoms in total. The van der Waals surface area contributed by atoms with Crippen molar-refractivity contribution >= 4 is 16.8 Å².